The minimum atomic E-state index is -0.544. The van der Waals surface area contributed by atoms with E-state index in [-0.39, 0.29) is 13.3 Å². The number of aliphatic hydroxyl groups excluding tert-OH is 1. The van der Waals surface area contributed by atoms with E-state index >= 15 is 0 Å². The van der Waals surface area contributed by atoms with Gasteiger partial charge in [-0.3, -0.25) is 14.3 Å². The minimum Gasteiger partial charge on any atom is -0.393 e. The summed E-state index contributed by atoms with van der Waals surface area (Å²) in [5.41, 5.74) is -0.178. The van der Waals surface area contributed by atoms with Gasteiger partial charge < -0.3 is 9.84 Å². The zero-order valence-corrected chi connectivity index (χ0v) is 10.2. The SMILES string of the molecule is O=c1ccn(CO[C@@H](CO)c2ccccc2)c(=O)[nH]1. The molecular weight excluding hydrogens is 248 g/mol. The van der Waals surface area contributed by atoms with Crippen LogP contribution in [0.25, 0.3) is 0 Å². The summed E-state index contributed by atoms with van der Waals surface area (Å²) in [6.45, 7) is -0.238. The number of aromatic amines is 1. The van der Waals surface area contributed by atoms with Gasteiger partial charge in [-0.1, -0.05) is 30.3 Å². The first kappa shape index (κ1) is 13.3. The molecule has 1 atom stereocenters. The van der Waals surface area contributed by atoms with E-state index < -0.39 is 17.4 Å². The first-order valence-corrected chi connectivity index (χ1v) is 5.78. The second-order valence-corrected chi connectivity index (χ2v) is 3.96. The van der Waals surface area contributed by atoms with Crippen LogP contribution >= 0.6 is 0 Å². The van der Waals surface area contributed by atoms with E-state index in [1.54, 1.807) is 0 Å². The average Bonchev–Trinajstić information content (AvgIpc) is 2.43. The fraction of sp³-hybridized carbons (Fsp3) is 0.231. The Morgan fingerprint density at radius 3 is 2.58 bits per heavy atom. The molecule has 0 amide bonds. The van der Waals surface area contributed by atoms with Crippen molar-refractivity contribution in [2.24, 2.45) is 0 Å². The van der Waals surface area contributed by atoms with E-state index in [1.807, 2.05) is 30.3 Å². The topological polar surface area (TPSA) is 84.3 Å². The Balaban J connectivity index is 2.08. The molecule has 2 rings (SSSR count). The molecule has 0 bridgehead atoms. The van der Waals surface area contributed by atoms with Gasteiger partial charge in [0.15, 0.2) is 0 Å². The zero-order valence-electron chi connectivity index (χ0n) is 10.2. The van der Waals surface area contributed by atoms with Crippen LogP contribution in [0.5, 0.6) is 0 Å². The van der Waals surface area contributed by atoms with Crippen LogP contribution in [0.1, 0.15) is 11.7 Å². The Kier molecular flexibility index (Phi) is 4.27. The van der Waals surface area contributed by atoms with Gasteiger partial charge in [0.05, 0.1) is 6.61 Å². The lowest BCUT2D eigenvalue weighted by Crippen LogP contribution is -2.30. The van der Waals surface area contributed by atoms with E-state index in [1.165, 1.54) is 16.8 Å². The molecule has 6 heteroatoms. The van der Waals surface area contributed by atoms with Gasteiger partial charge in [0, 0.05) is 12.3 Å². The molecule has 0 radical (unpaired) electrons. The summed E-state index contributed by atoms with van der Waals surface area (Å²) >= 11 is 0. The molecule has 19 heavy (non-hydrogen) atoms. The smallest absolute Gasteiger partial charge is 0.330 e. The molecule has 0 saturated heterocycles. The monoisotopic (exact) mass is 262 g/mol. The van der Waals surface area contributed by atoms with E-state index in [9.17, 15) is 14.7 Å². The lowest BCUT2D eigenvalue weighted by Gasteiger charge is -2.16. The number of ether oxygens (including phenoxy) is 1. The maximum Gasteiger partial charge on any atom is 0.330 e. The van der Waals surface area contributed by atoms with Crippen LogP contribution in [0.2, 0.25) is 0 Å². The molecule has 0 aliphatic carbocycles. The lowest BCUT2D eigenvalue weighted by atomic mass is 10.1. The predicted octanol–water partition coefficient (Wildman–Crippen LogP) is 0.244. The number of hydrogen-bond donors (Lipinski definition) is 2. The molecule has 0 fully saturated rings. The number of nitrogens with one attached hydrogen (secondary N) is 1. The van der Waals surface area contributed by atoms with Crippen molar-refractivity contribution in [2.75, 3.05) is 6.61 Å². The molecule has 0 unspecified atom stereocenters. The van der Waals surface area contributed by atoms with Crippen LogP contribution < -0.4 is 11.2 Å². The van der Waals surface area contributed by atoms with Crippen molar-refractivity contribution >= 4 is 0 Å². The minimum absolute atomic E-state index is 0.0459. The second-order valence-electron chi connectivity index (χ2n) is 3.96. The molecule has 2 aromatic rings. The van der Waals surface area contributed by atoms with Gasteiger partial charge in [0.2, 0.25) is 0 Å². The Hall–Kier alpha value is -2.18. The van der Waals surface area contributed by atoms with E-state index in [2.05, 4.69) is 4.98 Å². The number of H-pyrrole nitrogens is 1. The van der Waals surface area contributed by atoms with Gasteiger partial charge in [0.1, 0.15) is 12.8 Å². The highest BCUT2D eigenvalue weighted by Crippen LogP contribution is 2.16. The van der Waals surface area contributed by atoms with Crippen molar-refractivity contribution in [2.45, 2.75) is 12.8 Å². The van der Waals surface area contributed by atoms with Crippen molar-refractivity contribution in [1.29, 1.82) is 0 Å². The molecule has 2 N–H and O–H groups in total. The standard InChI is InChI=1S/C13H14N2O4/c16-8-11(10-4-2-1-3-5-10)19-9-15-7-6-12(17)14-13(15)18/h1-7,11,16H,8-9H2,(H,14,17,18)/t11-/m0/s1. The van der Waals surface area contributed by atoms with Crippen molar-refractivity contribution in [3.8, 4) is 0 Å². The fourth-order valence-electron chi connectivity index (χ4n) is 1.64. The van der Waals surface area contributed by atoms with Gasteiger partial charge >= 0.3 is 5.69 Å². The molecule has 1 aromatic carbocycles. The maximum atomic E-state index is 11.4. The molecule has 0 aliphatic heterocycles. The van der Waals surface area contributed by atoms with Crippen LogP contribution in [-0.2, 0) is 11.5 Å². The summed E-state index contributed by atoms with van der Waals surface area (Å²) in [4.78, 5) is 24.5. The molecule has 1 aromatic heterocycles. The number of benzene rings is 1. The van der Waals surface area contributed by atoms with Crippen LogP contribution in [0, 0.1) is 0 Å². The summed E-state index contributed by atoms with van der Waals surface area (Å²) < 4.78 is 6.69. The quantitative estimate of drug-likeness (QED) is 0.808. The Bertz CT molecular complexity index is 633. The number of aromatic nitrogens is 2. The van der Waals surface area contributed by atoms with Crippen molar-refractivity contribution in [1.82, 2.24) is 9.55 Å². The fourth-order valence-corrected chi connectivity index (χ4v) is 1.64. The van der Waals surface area contributed by atoms with Crippen molar-refractivity contribution < 1.29 is 9.84 Å². The number of rotatable bonds is 5. The largest absolute Gasteiger partial charge is 0.393 e. The normalized spacial score (nSPS) is 12.3. The predicted molar refractivity (Wildman–Crippen MR) is 68.7 cm³/mol. The van der Waals surface area contributed by atoms with Gasteiger partial charge in [-0.05, 0) is 5.56 Å². The Labute approximate surface area is 108 Å². The van der Waals surface area contributed by atoms with Crippen LogP contribution in [0.15, 0.2) is 52.2 Å². The highest BCUT2D eigenvalue weighted by molar-refractivity contribution is 5.17. The molecular formula is C13H14N2O4. The average molecular weight is 262 g/mol. The van der Waals surface area contributed by atoms with E-state index in [0.29, 0.717) is 0 Å². The van der Waals surface area contributed by atoms with Gasteiger partial charge in [0.25, 0.3) is 5.56 Å². The molecule has 100 valence electrons. The van der Waals surface area contributed by atoms with Crippen LogP contribution in [0.3, 0.4) is 0 Å². The first-order valence-electron chi connectivity index (χ1n) is 5.78. The third kappa shape index (κ3) is 3.40. The lowest BCUT2D eigenvalue weighted by molar-refractivity contribution is -0.0272. The number of nitrogens with zero attached hydrogens (tertiary/aromatic N) is 1. The molecule has 0 aliphatic rings. The number of hydrogen-bond acceptors (Lipinski definition) is 4. The third-order valence-electron chi connectivity index (χ3n) is 2.65. The van der Waals surface area contributed by atoms with E-state index in [4.69, 9.17) is 4.74 Å². The van der Waals surface area contributed by atoms with Crippen molar-refractivity contribution in [3.63, 3.8) is 0 Å². The van der Waals surface area contributed by atoms with E-state index in [0.717, 1.165) is 5.56 Å². The Morgan fingerprint density at radius 1 is 1.21 bits per heavy atom. The van der Waals surface area contributed by atoms with Gasteiger partial charge in [-0.15, -0.1) is 0 Å². The summed E-state index contributed by atoms with van der Waals surface area (Å²) in [5.74, 6) is 0. The zero-order chi connectivity index (χ0) is 13.7. The third-order valence-corrected chi connectivity index (χ3v) is 2.65. The summed E-state index contributed by atoms with van der Waals surface area (Å²) in [6.07, 6.45) is 0.834. The maximum absolute atomic E-state index is 11.4. The van der Waals surface area contributed by atoms with Crippen LogP contribution in [0.4, 0.5) is 0 Å². The first-order chi connectivity index (χ1) is 9.20. The number of aliphatic hydroxyl groups is 1. The molecule has 0 spiro atoms. The summed E-state index contributed by atoms with van der Waals surface area (Å²) in [7, 11) is 0. The highest BCUT2D eigenvalue weighted by Gasteiger charge is 2.10. The molecule has 0 saturated carbocycles. The van der Waals surface area contributed by atoms with Crippen LogP contribution in [-0.4, -0.2) is 21.3 Å². The van der Waals surface area contributed by atoms with Gasteiger partial charge in [-0.25, -0.2) is 4.79 Å². The molecule has 1 heterocycles. The summed E-state index contributed by atoms with van der Waals surface area (Å²) in [5, 5.41) is 9.30. The summed E-state index contributed by atoms with van der Waals surface area (Å²) in [6, 6.07) is 10.4. The van der Waals surface area contributed by atoms with Crippen molar-refractivity contribution in [3.05, 3.63) is 69.0 Å². The molecule has 6 nitrogen and oxygen atoms in total. The Morgan fingerprint density at radius 2 is 1.95 bits per heavy atom. The second kappa shape index (κ2) is 6.12. The van der Waals surface area contributed by atoms with Gasteiger partial charge in [-0.2, -0.15) is 0 Å². The highest BCUT2D eigenvalue weighted by atomic mass is 16.5.